The van der Waals surface area contributed by atoms with Crippen LogP contribution in [0.4, 0.5) is 18.0 Å². The van der Waals surface area contributed by atoms with Crippen molar-refractivity contribution >= 4 is 6.09 Å². The van der Waals surface area contributed by atoms with Crippen LogP contribution in [-0.2, 0) is 6.18 Å². The Bertz CT molecular complexity index is 552. The summed E-state index contributed by atoms with van der Waals surface area (Å²) in [5, 5.41) is 8.83. The van der Waals surface area contributed by atoms with E-state index in [0.29, 0.717) is 13.1 Å². The minimum absolute atomic E-state index is 0.0510. The lowest BCUT2D eigenvalue weighted by Crippen LogP contribution is -2.30. The fourth-order valence-electron chi connectivity index (χ4n) is 2.90. The molecule has 0 aromatic carbocycles. The molecule has 1 N–H and O–H groups in total. The highest BCUT2D eigenvalue weighted by Gasteiger charge is 2.57. The minimum Gasteiger partial charge on any atom is -0.477 e. The first-order valence-electron chi connectivity index (χ1n) is 6.50. The summed E-state index contributed by atoms with van der Waals surface area (Å²) in [6.07, 6.45) is -4.28. The Morgan fingerprint density at radius 2 is 2.10 bits per heavy atom. The number of pyridine rings is 1. The molecule has 1 aliphatic carbocycles. The summed E-state index contributed by atoms with van der Waals surface area (Å²) in [6, 6.07) is 1.77. The predicted molar refractivity (Wildman–Crippen MR) is 64.8 cm³/mol. The summed E-state index contributed by atoms with van der Waals surface area (Å²) >= 11 is 0. The summed E-state index contributed by atoms with van der Waals surface area (Å²) in [6.45, 7) is 1.23. The highest BCUT2D eigenvalue weighted by atomic mass is 19.4. The highest BCUT2D eigenvalue weighted by molar-refractivity contribution is 5.65. The van der Waals surface area contributed by atoms with E-state index in [0.717, 1.165) is 18.3 Å². The lowest BCUT2D eigenvalue weighted by atomic mass is 10.2. The second-order valence-corrected chi connectivity index (χ2v) is 5.37. The first-order chi connectivity index (χ1) is 9.86. The molecule has 2 heterocycles. The van der Waals surface area contributed by atoms with Gasteiger partial charge >= 0.3 is 12.3 Å². The SMILES string of the molecule is O=C(O)N1C[C@@H]2C(COc3cc(C(F)(F)F)ccn3)[C@@H]2C1. The van der Waals surface area contributed by atoms with Crippen LogP contribution in [0.2, 0.25) is 0 Å². The number of hydrogen-bond donors (Lipinski definition) is 1. The fraction of sp³-hybridized carbons (Fsp3) is 0.538. The summed E-state index contributed by atoms with van der Waals surface area (Å²) in [7, 11) is 0. The number of carboxylic acid groups (broad SMARTS) is 1. The van der Waals surface area contributed by atoms with Crippen molar-refractivity contribution in [3.63, 3.8) is 0 Å². The lowest BCUT2D eigenvalue weighted by molar-refractivity contribution is -0.137. The average molecular weight is 302 g/mol. The van der Waals surface area contributed by atoms with Crippen molar-refractivity contribution in [2.45, 2.75) is 6.18 Å². The molecule has 1 aromatic rings. The molecule has 2 fully saturated rings. The molecule has 0 radical (unpaired) electrons. The summed E-state index contributed by atoms with van der Waals surface area (Å²) in [5.74, 6) is 0.667. The van der Waals surface area contributed by atoms with E-state index in [1.165, 1.54) is 4.90 Å². The van der Waals surface area contributed by atoms with Gasteiger partial charge in [0, 0.05) is 31.3 Å². The topological polar surface area (TPSA) is 62.7 Å². The number of nitrogens with zero attached hydrogens (tertiary/aromatic N) is 2. The van der Waals surface area contributed by atoms with E-state index in [-0.39, 0.29) is 30.2 Å². The van der Waals surface area contributed by atoms with Crippen LogP contribution in [0.25, 0.3) is 0 Å². The molecule has 2 aliphatic rings. The minimum atomic E-state index is -4.42. The van der Waals surface area contributed by atoms with Crippen LogP contribution in [0.3, 0.4) is 0 Å². The van der Waals surface area contributed by atoms with E-state index in [1.54, 1.807) is 0 Å². The van der Waals surface area contributed by atoms with Crippen LogP contribution >= 0.6 is 0 Å². The molecule has 1 aromatic heterocycles. The van der Waals surface area contributed by atoms with Gasteiger partial charge in [0.1, 0.15) is 0 Å². The second-order valence-electron chi connectivity index (χ2n) is 5.37. The molecule has 1 saturated heterocycles. The van der Waals surface area contributed by atoms with E-state index in [2.05, 4.69) is 4.98 Å². The number of carbonyl (C=O) groups is 1. The van der Waals surface area contributed by atoms with Crippen LogP contribution in [0.15, 0.2) is 18.3 Å². The van der Waals surface area contributed by atoms with Crippen molar-refractivity contribution in [2.24, 2.45) is 17.8 Å². The quantitative estimate of drug-likeness (QED) is 0.931. The van der Waals surface area contributed by atoms with Crippen LogP contribution < -0.4 is 4.74 Å². The Labute approximate surface area is 118 Å². The van der Waals surface area contributed by atoms with Gasteiger partial charge < -0.3 is 14.7 Å². The number of rotatable bonds is 3. The fourth-order valence-corrected chi connectivity index (χ4v) is 2.90. The van der Waals surface area contributed by atoms with Gasteiger partial charge in [-0.05, 0) is 17.9 Å². The molecule has 0 bridgehead atoms. The summed E-state index contributed by atoms with van der Waals surface area (Å²) < 4.78 is 42.9. The molecule has 1 amide bonds. The third-order valence-corrected chi connectivity index (χ3v) is 4.13. The predicted octanol–water partition coefficient (Wildman–Crippen LogP) is 2.34. The molecule has 5 nitrogen and oxygen atoms in total. The van der Waals surface area contributed by atoms with Crippen molar-refractivity contribution in [3.8, 4) is 5.88 Å². The van der Waals surface area contributed by atoms with Gasteiger partial charge in [-0.3, -0.25) is 0 Å². The number of aromatic nitrogens is 1. The van der Waals surface area contributed by atoms with Gasteiger partial charge in [0.05, 0.1) is 12.2 Å². The first-order valence-corrected chi connectivity index (χ1v) is 6.50. The normalized spacial score (nSPS) is 27.4. The van der Waals surface area contributed by atoms with Crippen molar-refractivity contribution in [3.05, 3.63) is 23.9 Å². The van der Waals surface area contributed by atoms with E-state index in [1.807, 2.05) is 0 Å². The van der Waals surface area contributed by atoms with Gasteiger partial charge in [-0.15, -0.1) is 0 Å². The molecule has 3 rings (SSSR count). The Hall–Kier alpha value is -1.99. The zero-order chi connectivity index (χ0) is 15.2. The maximum absolute atomic E-state index is 12.5. The highest BCUT2D eigenvalue weighted by Crippen LogP contribution is 2.51. The van der Waals surface area contributed by atoms with Crippen molar-refractivity contribution in [1.29, 1.82) is 0 Å². The number of fused-ring (bicyclic) bond motifs is 1. The third-order valence-electron chi connectivity index (χ3n) is 4.13. The molecule has 3 atom stereocenters. The Morgan fingerprint density at radius 1 is 1.43 bits per heavy atom. The number of likely N-dealkylation sites (tertiary alicyclic amines) is 1. The van der Waals surface area contributed by atoms with Gasteiger partial charge in [-0.1, -0.05) is 0 Å². The molecule has 1 unspecified atom stereocenters. The number of halogens is 3. The molecular weight excluding hydrogens is 289 g/mol. The zero-order valence-electron chi connectivity index (χ0n) is 10.9. The molecule has 8 heteroatoms. The Morgan fingerprint density at radius 3 is 2.67 bits per heavy atom. The van der Waals surface area contributed by atoms with E-state index >= 15 is 0 Å². The standard InChI is InChI=1S/C13H13F3N2O3/c14-13(15,16)7-1-2-17-11(3-7)21-6-10-8-4-18(12(19)20)5-9(8)10/h1-3,8-10H,4-6H2,(H,19,20)/t8-,9+,10?. The van der Waals surface area contributed by atoms with Gasteiger partial charge in [0.25, 0.3) is 0 Å². The molecule has 0 spiro atoms. The van der Waals surface area contributed by atoms with Crippen LogP contribution in [0.5, 0.6) is 5.88 Å². The third kappa shape index (κ3) is 2.74. The van der Waals surface area contributed by atoms with Gasteiger partial charge in [0.2, 0.25) is 5.88 Å². The van der Waals surface area contributed by atoms with E-state index in [9.17, 15) is 18.0 Å². The molecule has 114 valence electrons. The molecule has 21 heavy (non-hydrogen) atoms. The van der Waals surface area contributed by atoms with Crippen LogP contribution in [0.1, 0.15) is 5.56 Å². The number of alkyl halides is 3. The van der Waals surface area contributed by atoms with Crippen LogP contribution in [0, 0.1) is 17.8 Å². The molecular formula is C13H13F3N2O3. The van der Waals surface area contributed by atoms with E-state index < -0.39 is 17.8 Å². The maximum atomic E-state index is 12.5. The second kappa shape index (κ2) is 4.78. The maximum Gasteiger partial charge on any atom is 0.416 e. The van der Waals surface area contributed by atoms with Crippen molar-refractivity contribution < 1.29 is 27.8 Å². The number of amides is 1. The number of ether oxygens (including phenoxy) is 1. The summed E-state index contributed by atoms with van der Waals surface area (Å²) in [4.78, 5) is 15.9. The number of piperidine rings is 1. The largest absolute Gasteiger partial charge is 0.477 e. The smallest absolute Gasteiger partial charge is 0.416 e. The van der Waals surface area contributed by atoms with Gasteiger partial charge in [-0.2, -0.15) is 13.2 Å². The van der Waals surface area contributed by atoms with Crippen molar-refractivity contribution in [2.75, 3.05) is 19.7 Å². The van der Waals surface area contributed by atoms with Gasteiger partial charge in [-0.25, -0.2) is 9.78 Å². The van der Waals surface area contributed by atoms with E-state index in [4.69, 9.17) is 9.84 Å². The first kappa shape index (κ1) is 14.0. The van der Waals surface area contributed by atoms with Crippen LogP contribution in [-0.4, -0.2) is 40.8 Å². The average Bonchev–Trinajstić information content (AvgIpc) is 2.86. The zero-order valence-corrected chi connectivity index (χ0v) is 10.9. The Balaban J connectivity index is 1.53. The molecule has 1 saturated carbocycles. The monoisotopic (exact) mass is 302 g/mol. The number of hydrogen-bond acceptors (Lipinski definition) is 3. The Kier molecular flexibility index (Phi) is 3.18. The lowest BCUT2D eigenvalue weighted by Gasteiger charge is -2.16. The van der Waals surface area contributed by atoms with Crippen molar-refractivity contribution in [1.82, 2.24) is 9.88 Å². The van der Waals surface area contributed by atoms with Gasteiger partial charge in [0.15, 0.2) is 0 Å². The summed E-state index contributed by atoms with van der Waals surface area (Å²) in [5.41, 5.74) is -0.791. The molecule has 1 aliphatic heterocycles.